The van der Waals surface area contributed by atoms with Gasteiger partial charge in [-0.15, -0.1) is 0 Å². The summed E-state index contributed by atoms with van der Waals surface area (Å²) >= 11 is 5.94. The van der Waals surface area contributed by atoms with Gasteiger partial charge >= 0.3 is 0 Å². The number of para-hydroxylation sites is 1. The Morgan fingerprint density at radius 2 is 1.90 bits per heavy atom. The molecule has 106 valence electrons. The summed E-state index contributed by atoms with van der Waals surface area (Å²) in [5.41, 5.74) is 2.52. The fourth-order valence-corrected chi connectivity index (χ4v) is 2.21. The Balaban J connectivity index is 1.62. The standard InChI is InChI=1S/C17H20ClNO/c1-14-12-16(18)9-8-15(14)13-19-10-5-11-20-17-6-3-2-4-7-17/h2-4,6-9,12,19H,5,10-11,13H2,1H3. The van der Waals surface area contributed by atoms with Crippen molar-refractivity contribution in [1.29, 1.82) is 0 Å². The lowest BCUT2D eigenvalue weighted by Crippen LogP contribution is -2.17. The summed E-state index contributed by atoms with van der Waals surface area (Å²) < 4.78 is 5.64. The lowest BCUT2D eigenvalue weighted by Gasteiger charge is -2.09. The van der Waals surface area contributed by atoms with Gasteiger partial charge in [0.1, 0.15) is 5.75 Å². The van der Waals surface area contributed by atoms with Crippen LogP contribution in [-0.4, -0.2) is 13.2 Å². The summed E-state index contributed by atoms with van der Waals surface area (Å²) in [6, 6.07) is 15.9. The van der Waals surface area contributed by atoms with Gasteiger partial charge in [0.15, 0.2) is 0 Å². The Hall–Kier alpha value is -1.51. The second-order valence-electron chi connectivity index (χ2n) is 4.76. The summed E-state index contributed by atoms with van der Waals surface area (Å²) in [4.78, 5) is 0. The van der Waals surface area contributed by atoms with E-state index >= 15 is 0 Å². The van der Waals surface area contributed by atoms with Crippen molar-refractivity contribution in [3.8, 4) is 5.75 Å². The Labute approximate surface area is 125 Å². The maximum atomic E-state index is 5.94. The van der Waals surface area contributed by atoms with Crippen molar-refractivity contribution in [2.75, 3.05) is 13.2 Å². The highest BCUT2D eigenvalue weighted by Crippen LogP contribution is 2.14. The number of rotatable bonds is 7. The summed E-state index contributed by atoms with van der Waals surface area (Å²) in [5.74, 6) is 0.932. The molecule has 2 aromatic carbocycles. The molecule has 0 saturated carbocycles. The number of benzene rings is 2. The molecule has 2 aromatic rings. The molecule has 2 rings (SSSR count). The topological polar surface area (TPSA) is 21.3 Å². The van der Waals surface area contributed by atoms with Gasteiger partial charge in [-0.25, -0.2) is 0 Å². The van der Waals surface area contributed by atoms with Gasteiger partial charge in [0.2, 0.25) is 0 Å². The first-order chi connectivity index (χ1) is 9.75. The van der Waals surface area contributed by atoms with Crippen LogP contribution in [0.25, 0.3) is 0 Å². The Morgan fingerprint density at radius 3 is 2.65 bits per heavy atom. The van der Waals surface area contributed by atoms with Gasteiger partial charge in [0.25, 0.3) is 0 Å². The minimum absolute atomic E-state index is 0.733. The van der Waals surface area contributed by atoms with Crippen LogP contribution in [-0.2, 0) is 6.54 Å². The summed E-state index contributed by atoms with van der Waals surface area (Å²) in [7, 11) is 0. The van der Waals surface area contributed by atoms with Crippen molar-refractivity contribution in [3.63, 3.8) is 0 Å². The van der Waals surface area contributed by atoms with E-state index in [4.69, 9.17) is 16.3 Å². The van der Waals surface area contributed by atoms with Crippen LogP contribution in [0, 0.1) is 6.92 Å². The molecule has 0 aliphatic carbocycles. The average Bonchev–Trinajstić information content (AvgIpc) is 2.46. The Morgan fingerprint density at radius 1 is 1.10 bits per heavy atom. The number of aryl methyl sites for hydroxylation is 1. The third-order valence-electron chi connectivity index (χ3n) is 3.13. The predicted octanol–water partition coefficient (Wildman–Crippen LogP) is 4.21. The zero-order valence-corrected chi connectivity index (χ0v) is 12.5. The molecule has 0 aromatic heterocycles. The van der Waals surface area contributed by atoms with Gasteiger partial charge in [-0.3, -0.25) is 0 Å². The first kappa shape index (κ1) is 14.9. The lowest BCUT2D eigenvalue weighted by molar-refractivity contribution is 0.308. The van der Waals surface area contributed by atoms with Crippen LogP contribution < -0.4 is 10.1 Å². The highest BCUT2D eigenvalue weighted by molar-refractivity contribution is 6.30. The first-order valence-electron chi connectivity index (χ1n) is 6.89. The molecule has 0 fully saturated rings. The van der Waals surface area contributed by atoms with Gasteiger partial charge in [0.05, 0.1) is 6.61 Å². The highest BCUT2D eigenvalue weighted by Gasteiger charge is 1.99. The van der Waals surface area contributed by atoms with E-state index in [-0.39, 0.29) is 0 Å². The number of ether oxygens (including phenoxy) is 1. The van der Waals surface area contributed by atoms with Crippen molar-refractivity contribution >= 4 is 11.6 Å². The van der Waals surface area contributed by atoms with Crippen LogP contribution in [0.15, 0.2) is 48.5 Å². The van der Waals surface area contributed by atoms with Crippen molar-refractivity contribution < 1.29 is 4.74 Å². The molecule has 0 unspecified atom stereocenters. The van der Waals surface area contributed by atoms with Crippen LogP contribution in [0.5, 0.6) is 5.75 Å². The van der Waals surface area contributed by atoms with Crippen molar-refractivity contribution in [3.05, 3.63) is 64.7 Å². The van der Waals surface area contributed by atoms with Crippen molar-refractivity contribution in [2.24, 2.45) is 0 Å². The molecule has 0 spiro atoms. The second kappa shape index (κ2) is 7.93. The zero-order valence-electron chi connectivity index (χ0n) is 11.7. The highest BCUT2D eigenvalue weighted by atomic mass is 35.5. The van der Waals surface area contributed by atoms with Gasteiger partial charge in [-0.1, -0.05) is 35.9 Å². The minimum atomic E-state index is 0.733. The summed E-state index contributed by atoms with van der Waals surface area (Å²) in [6.45, 7) is 4.63. The van der Waals surface area contributed by atoms with E-state index in [1.165, 1.54) is 11.1 Å². The molecule has 0 saturated heterocycles. The van der Waals surface area contributed by atoms with Crippen LogP contribution in [0.3, 0.4) is 0 Å². The van der Waals surface area contributed by atoms with E-state index in [0.717, 1.165) is 36.9 Å². The number of hydrogen-bond acceptors (Lipinski definition) is 2. The molecule has 3 heteroatoms. The molecule has 0 atom stereocenters. The van der Waals surface area contributed by atoms with E-state index < -0.39 is 0 Å². The maximum absolute atomic E-state index is 5.94. The molecule has 0 heterocycles. The molecule has 0 amide bonds. The predicted molar refractivity (Wildman–Crippen MR) is 84.4 cm³/mol. The molecular formula is C17H20ClNO. The monoisotopic (exact) mass is 289 g/mol. The minimum Gasteiger partial charge on any atom is -0.494 e. The van der Waals surface area contributed by atoms with Gasteiger partial charge in [0, 0.05) is 11.6 Å². The maximum Gasteiger partial charge on any atom is 0.119 e. The largest absolute Gasteiger partial charge is 0.494 e. The van der Waals surface area contributed by atoms with Crippen molar-refractivity contribution in [1.82, 2.24) is 5.32 Å². The van der Waals surface area contributed by atoms with Crippen LogP contribution in [0.2, 0.25) is 5.02 Å². The molecule has 0 aliphatic heterocycles. The molecule has 2 nitrogen and oxygen atoms in total. The second-order valence-corrected chi connectivity index (χ2v) is 5.20. The summed E-state index contributed by atoms with van der Waals surface area (Å²) in [6.07, 6.45) is 0.988. The molecular weight excluding hydrogens is 270 g/mol. The number of halogens is 1. The smallest absolute Gasteiger partial charge is 0.119 e. The van der Waals surface area contributed by atoms with Gasteiger partial charge in [-0.05, 0) is 55.3 Å². The van der Waals surface area contributed by atoms with E-state index in [2.05, 4.69) is 18.3 Å². The van der Waals surface area contributed by atoms with Crippen molar-refractivity contribution in [2.45, 2.75) is 19.9 Å². The van der Waals surface area contributed by atoms with E-state index in [9.17, 15) is 0 Å². The van der Waals surface area contributed by atoms with E-state index in [1.54, 1.807) is 0 Å². The fraction of sp³-hybridized carbons (Fsp3) is 0.294. The number of hydrogen-bond donors (Lipinski definition) is 1. The average molecular weight is 290 g/mol. The van der Waals surface area contributed by atoms with E-state index in [1.807, 2.05) is 42.5 Å². The first-order valence-corrected chi connectivity index (χ1v) is 7.27. The molecule has 0 bridgehead atoms. The molecule has 0 radical (unpaired) electrons. The SMILES string of the molecule is Cc1cc(Cl)ccc1CNCCCOc1ccccc1. The Kier molecular flexibility index (Phi) is 5.90. The lowest BCUT2D eigenvalue weighted by atomic mass is 10.1. The fourth-order valence-electron chi connectivity index (χ4n) is 1.98. The quantitative estimate of drug-likeness (QED) is 0.771. The normalized spacial score (nSPS) is 10.5. The van der Waals surface area contributed by atoms with Crippen LogP contribution in [0.1, 0.15) is 17.5 Å². The zero-order chi connectivity index (χ0) is 14.2. The molecule has 20 heavy (non-hydrogen) atoms. The van der Waals surface area contributed by atoms with Crippen LogP contribution in [0.4, 0.5) is 0 Å². The third kappa shape index (κ3) is 4.87. The summed E-state index contributed by atoms with van der Waals surface area (Å²) in [5, 5.41) is 4.22. The molecule has 0 aliphatic rings. The Bertz CT molecular complexity index is 528. The third-order valence-corrected chi connectivity index (χ3v) is 3.37. The van der Waals surface area contributed by atoms with Gasteiger partial charge in [-0.2, -0.15) is 0 Å². The van der Waals surface area contributed by atoms with E-state index in [0.29, 0.717) is 0 Å². The van der Waals surface area contributed by atoms with Gasteiger partial charge < -0.3 is 10.1 Å². The number of nitrogens with one attached hydrogen (secondary N) is 1. The van der Waals surface area contributed by atoms with Crippen LogP contribution >= 0.6 is 11.6 Å². The molecule has 1 N–H and O–H groups in total.